The van der Waals surface area contributed by atoms with Crippen molar-refractivity contribution in [1.29, 1.82) is 0 Å². The molecule has 1 N–H and O–H groups in total. The van der Waals surface area contributed by atoms with Crippen LogP contribution in [0.4, 0.5) is 0 Å². The summed E-state index contributed by atoms with van der Waals surface area (Å²) in [5.74, 6) is 2.57. The molecule has 0 aromatic heterocycles. The van der Waals surface area contributed by atoms with E-state index >= 15 is 0 Å². The number of nitrogens with one attached hydrogen (secondary N) is 1. The van der Waals surface area contributed by atoms with Crippen LogP contribution in [0.25, 0.3) is 0 Å². The zero-order valence-electron chi connectivity index (χ0n) is 17.9. The number of rotatable bonds is 6. The fraction of sp³-hybridized carbons (Fsp3) is 0.458. The van der Waals surface area contributed by atoms with E-state index in [1.165, 1.54) is 11.1 Å². The molecule has 30 heavy (non-hydrogen) atoms. The van der Waals surface area contributed by atoms with Crippen LogP contribution >= 0.6 is 0 Å². The molecular formula is C24H31N3O3. The zero-order chi connectivity index (χ0) is 20.8. The van der Waals surface area contributed by atoms with E-state index in [-0.39, 0.29) is 5.41 Å². The third-order valence-corrected chi connectivity index (χ3v) is 5.93. The number of fused-ring (bicyclic) bond motifs is 1. The molecule has 2 aliphatic heterocycles. The second-order valence-corrected chi connectivity index (χ2v) is 7.97. The molecule has 1 fully saturated rings. The third kappa shape index (κ3) is 4.54. The molecule has 1 saturated heterocycles. The molecule has 2 aromatic rings. The smallest absolute Gasteiger partial charge is 0.231 e. The van der Waals surface area contributed by atoms with Crippen LogP contribution in [0.5, 0.6) is 11.5 Å². The van der Waals surface area contributed by atoms with Crippen LogP contribution in [0.2, 0.25) is 0 Å². The lowest BCUT2D eigenvalue weighted by molar-refractivity contribution is 0.0529. The summed E-state index contributed by atoms with van der Waals surface area (Å²) in [5.41, 5.74) is 2.45. The zero-order valence-corrected chi connectivity index (χ0v) is 17.9. The highest BCUT2D eigenvalue weighted by Gasteiger charge is 2.36. The van der Waals surface area contributed by atoms with Gasteiger partial charge < -0.3 is 24.4 Å². The Hall–Kier alpha value is -2.73. The highest BCUT2D eigenvalue weighted by atomic mass is 16.7. The minimum Gasteiger partial charge on any atom is -0.454 e. The summed E-state index contributed by atoms with van der Waals surface area (Å²) < 4.78 is 16.8. The van der Waals surface area contributed by atoms with Crippen LogP contribution < -0.4 is 14.8 Å². The molecule has 6 nitrogen and oxygen atoms in total. The Bertz CT molecular complexity index is 863. The maximum absolute atomic E-state index is 5.69. The summed E-state index contributed by atoms with van der Waals surface area (Å²) in [4.78, 5) is 7.27. The summed E-state index contributed by atoms with van der Waals surface area (Å²) in [6.07, 6.45) is 1.88. The maximum atomic E-state index is 5.69. The van der Waals surface area contributed by atoms with Gasteiger partial charge in [0.2, 0.25) is 6.79 Å². The van der Waals surface area contributed by atoms with Crippen LogP contribution in [0, 0.1) is 0 Å². The largest absolute Gasteiger partial charge is 0.454 e. The van der Waals surface area contributed by atoms with E-state index in [1.807, 2.05) is 12.1 Å². The normalized spacial score (nSPS) is 17.6. The molecule has 4 rings (SSSR count). The van der Waals surface area contributed by atoms with E-state index in [1.54, 1.807) is 0 Å². The van der Waals surface area contributed by atoms with Gasteiger partial charge in [0.25, 0.3) is 0 Å². The lowest BCUT2D eigenvalue weighted by Gasteiger charge is -2.37. The molecule has 0 radical (unpaired) electrons. The van der Waals surface area contributed by atoms with Gasteiger partial charge in [-0.1, -0.05) is 36.4 Å². The predicted molar refractivity (Wildman–Crippen MR) is 118 cm³/mol. The highest BCUT2D eigenvalue weighted by Crippen LogP contribution is 2.41. The van der Waals surface area contributed by atoms with Crippen molar-refractivity contribution in [2.75, 3.05) is 40.1 Å². The molecule has 0 atom stereocenters. The molecule has 2 aliphatic rings. The van der Waals surface area contributed by atoms with Crippen molar-refractivity contribution in [2.45, 2.75) is 31.7 Å². The van der Waals surface area contributed by atoms with Gasteiger partial charge >= 0.3 is 0 Å². The second-order valence-electron chi connectivity index (χ2n) is 7.97. The van der Waals surface area contributed by atoms with Crippen LogP contribution in [0.3, 0.4) is 0 Å². The number of hydrogen-bond donors (Lipinski definition) is 1. The van der Waals surface area contributed by atoms with Crippen molar-refractivity contribution in [3.63, 3.8) is 0 Å². The van der Waals surface area contributed by atoms with Crippen molar-refractivity contribution in [1.82, 2.24) is 10.2 Å². The van der Waals surface area contributed by atoms with E-state index in [0.29, 0.717) is 13.3 Å². The summed E-state index contributed by atoms with van der Waals surface area (Å²) in [6.45, 7) is 6.25. The summed E-state index contributed by atoms with van der Waals surface area (Å²) in [7, 11) is 2.09. The van der Waals surface area contributed by atoms with Gasteiger partial charge in [-0.15, -0.1) is 0 Å². The van der Waals surface area contributed by atoms with Crippen LogP contribution in [0.1, 0.15) is 30.9 Å². The van der Waals surface area contributed by atoms with Gasteiger partial charge in [-0.2, -0.15) is 0 Å². The van der Waals surface area contributed by atoms with Gasteiger partial charge in [-0.05, 0) is 43.0 Å². The number of hydrogen-bond acceptors (Lipinski definition) is 4. The van der Waals surface area contributed by atoms with Gasteiger partial charge in [0.15, 0.2) is 17.5 Å². The Labute approximate surface area is 178 Å². The molecular weight excluding hydrogens is 378 g/mol. The molecule has 0 spiro atoms. The first-order valence-corrected chi connectivity index (χ1v) is 10.7. The van der Waals surface area contributed by atoms with E-state index in [4.69, 9.17) is 19.2 Å². The average molecular weight is 410 g/mol. The standard InChI is InChI=1S/C24H31N3O3/c1-3-25-23(27(2)16-19-7-5-4-6-8-19)26-17-24(11-13-28-14-12-24)20-9-10-21-22(15-20)30-18-29-21/h4-10,15H,3,11-14,16-18H2,1-2H3,(H,25,26). The number of guanidine groups is 1. The molecule has 2 heterocycles. The number of aliphatic imine (C=N–C) groups is 1. The Balaban J connectivity index is 1.57. The lowest BCUT2D eigenvalue weighted by Crippen LogP contribution is -2.41. The Morgan fingerprint density at radius 3 is 2.60 bits per heavy atom. The summed E-state index contributed by atoms with van der Waals surface area (Å²) >= 11 is 0. The first kappa shape index (κ1) is 20.5. The third-order valence-electron chi connectivity index (χ3n) is 5.93. The molecule has 2 aromatic carbocycles. The van der Waals surface area contributed by atoms with Gasteiger partial charge in [0.05, 0.1) is 6.54 Å². The van der Waals surface area contributed by atoms with Gasteiger partial charge in [0, 0.05) is 38.8 Å². The molecule has 0 aliphatic carbocycles. The van der Waals surface area contributed by atoms with Crippen LogP contribution in [0.15, 0.2) is 53.5 Å². The SMILES string of the molecule is CCNC(=NCC1(c2ccc3c(c2)OCO3)CCOCC1)N(C)Cc1ccccc1. The van der Waals surface area contributed by atoms with E-state index in [9.17, 15) is 0 Å². The first-order chi connectivity index (χ1) is 14.7. The van der Waals surface area contributed by atoms with Crippen molar-refractivity contribution in [3.05, 3.63) is 59.7 Å². The lowest BCUT2D eigenvalue weighted by atomic mass is 9.74. The van der Waals surface area contributed by atoms with Crippen molar-refractivity contribution >= 4 is 5.96 Å². The minimum atomic E-state index is -0.0620. The fourth-order valence-corrected chi connectivity index (χ4v) is 4.15. The Kier molecular flexibility index (Phi) is 6.43. The minimum absolute atomic E-state index is 0.0620. The van der Waals surface area contributed by atoms with Gasteiger partial charge in [-0.25, -0.2) is 0 Å². The maximum Gasteiger partial charge on any atom is 0.231 e. The van der Waals surface area contributed by atoms with Gasteiger partial charge in [-0.3, -0.25) is 4.99 Å². The first-order valence-electron chi connectivity index (χ1n) is 10.7. The van der Waals surface area contributed by atoms with Crippen LogP contribution in [-0.4, -0.2) is 51.0 Å². The topological polar surface area (TPSA) is 55.3 Å². The molecule has 6 heteroatoms. The van der Waals surface area contributed by atoms with Crippen molar-refractivity contribution in [2.24, 2.45) is 4.99 Å². The second kappa shape index (κ2) is 9.39. The fourth-order valence-electron chi connectivity index (χ4n) is 4.15. The monoisotopic (exact) mass is 409 g/mol. The van der Waals surface area contributed by atoms with Gasteiger partial charge in [0.1, 0.15) is 0 Å². The van der Waals surface area contributed by atoms with Crippen LogP contribution in [-0.2, 0) is 16.7 Å². The highest BCUT2D eigenvalue weighted by molar-refractivity contribution is 5.79. The van der Waals surface area contributed by atoms with Crippen molar-refractivity contribution in [3.8, 4) is 11.5 Å². The summed E-state index contributed by atoms with van der Waals surface area (Å²) in [5, 5.41) is 3.45. The summed E-state index contributed by atoms with van der Waals surface area (Å²) in [6, 6.07) is 16.8. The van der Waals surface area contributed by atoms with E-state index in [2.05, 4.69) is 60.6 Å². The van der Waals surface area contributed by atoms with E-state index in [0.717, 1.165) is 56.6 Å². The molecule has 0 saturated carbocycles. The Morgan fingerprint density at radius 2 is 1.83 bits per heavy atom. The number of benzene rings is 2. The quantitative estimate of drug-likeness (QED) is 0.584. The predicted octanol–water partition coefficient (Wildman–Crippen LogP) is 3.56. The molecule has 0 amide bonds. The number of nitrogens with zero attached hydrogens (tertiary/aromatic N) is 2. The molecule has 0 bridgehead atoms. The van der Waals surface area contributed by atoms with Crippen molar-refractivity contribution < 1.29 is 14.2 Å². The molecule has 160 valence electrons. The van der Waals surface area contributed by atoms with E-state index < -0.39 is 0 Å². The molecule has 0 unspecified atom stereocenters. The number of ether oxygens (including phenoxy) is 3. The average Bonchev–Trinajstić information content (AvgIpc) is 3.26. The Morgan fingerprint density at radius 1 is 1.07 bits per heavy atom.